The molecule has 4 heterocycles. The van der Waals surface area contributed by atoms with E-state index in [4.69, 9.17) is 28.4 Å². The monoisotopic (exact) mass is 1060 g/mol. The number of nitrogens with zero attached hydrogens (tertiary/aromatic N) is 2. The van der Waals surface area contributed by atoms with Crippen molar-refractivity contribution in [3.63, 3.8) is 0 Å². The second-order valence-electron chi connectivity index (χ2n) is 21.9. The number of pyridine rings is 1. The number of esters is 1. The van der Waals surface area contributed by atoms with Gasteiger partial charge in [-0.2, -0.15) is 0 Å². The molecule has 1 aliphatic carbocycles. The zero-order valence-electron chi connectivity index (χ0n) is 46.7. The molecule has 0 unspecified atom stereocenters. The number of allylic oxidation sites excluding steroid dienone is 6. The van der Waals surface area contributed by atoms with Crippen molar-refractivity contribution in [3.05, 3.63) is 77.7 Å². The lowest BCUT2D eigenvalue weighted by atomic mass is 9.78. The largest absolute Gasteiger partial charge is 0.460 e. The van der Waals surface area contributed by atoms with Crippen LogP contribution in [0.25, 0.3) is 0 Å². The molecule has 0 spiro atoms. The zero-order valence-corrected chi connectivity index (χ0v) is 46.7. The van der Waals surface area contributed by atoms with Crippen LogP contribution in [0.4, 0.5) is 0 Å². The van der Waals surface area contributed by atoms with Crippen molar-refractivity contribution in [1.82, 2.24) is 15.2 Å². The molecule has 17 nitrogen and oxygen atoms in total. The van der Waals surface area contributed by atoms with Gasteiger partial charge in [0.1, 0.15) is 30.1 Å². The van der Waals surface area contributed by atoms with E-state index in [0.717, 1.165) is 12.0 Å². The number of aliphatic hydroxyl groups is 2. The van der Waals surface area contributed by atoms with Crippen LogP contribution in [0, 0.1) is 35.5 Å². The van der Waals surface area contributed by atoms with E-state index in [2.05, 4.69) is 10.3 Å². The predicted molar refractivity (Wildman–Crippen MR) is 285 cm³/mol. The molecule has 1 aromatic heterocycles. The molecule has 1 aromatic rings. The molecule has 1 saturated carbocycles. The van der Waals surface area contributed by atoms with Crippen LogP contribution in [-0.4, -0.2) is 151 Å². The summed E-state index contributed by atoms with van der Waals surface area (Å²) in [6, 6.07) is 2.22. The van der Waals surface area contributed by atoms with Crippen molar-refractivity contribution < 1.29 is 67.4 Å². The van der Waals surface area contributed by atoms with Crippen molar-refractivity contribution in [3.8, 4) is 0 Å². The van der Waals surface area contributed by atoms with E-state index in [1.807, 2.05) is 58.1 Å². The summed E-state index contributed by atoms with van der Waals surface area (Å²) in [5.74, 6) is -8.40. The van der Waals surface area contributed by atoms with Crippen LogP contribution in [0.15, 0.2) is 72.1 Å². The highest BCUT2D eigenvalue weighted by molar-refractivity contribution is 6.39. The molecule has 0 aromatic carbocycles. The Kier molecular flexibility index (Phi) is 24.4. The quantitative estimate of drug-likeness (QED) is 0.0875. The lowest BCUT2D eigenvalue weighted by Crippen LogP contribution is -2.61. The number of cyclic esters (lactones) is 1. The average molecular weight is 1060 g/mol. The molecule has 2 amide bonds. The van der Waals surface area contributed by atoms with Crippen LogP contribution in [-0.2, 0) is 52.4 Å². The third-order valence-electron chi connectivity index (χ3n) is 16.1. The Morgan fingerprint density at radius 1 is 0.908 bits per heavy atom. The summed E-state index contributed by atoms with van der Waals surface area (Å²) in [6.45, 7) is 13.3. The van der Waals surface area contributed by atoms with Crippen molar-refractivity contribution in [1.29, 1.82) is 0 Å². The number of piperidine rings is 1. The van der Waals surface area contributed by atoms with E-state index < -0.39 is 77.8 Å². The summed E-state index contributed by atoms with van der Waals surface area (Å²) in [5.41, 5.74) is 1.70. The van der Waals surface area contributed by atoms with E-state index in [1.165, 1.54) is 18.2 Å². The van der Waals surface area contributed by atoms with Gasteiger partial charge in [0.25, 0.3) is 17.6 Å². The minimum absolute atomic E-state index is 0.00548. The van der Waals surface area contributed by atoms with Crippen molar-refractivity contribution in [2.24, 2.45) is 35.5 Å². The first-order valence-corrected chi connectivity index (χ1v) is 27.5. The van der Waals surface area contributed by atoms with E-state index in [9.17, 15) is 39.0 Å². The first-order chi connectivity index (χ1) is 36.2. The number of carbonyl (C=O) groups is 6. The first kappa shape index (κ1) is 62.1. The number of fused-ring (bicyclic) bond motifs is 3. The van der Waals surface area contributed by atoms with Gasteiger partial charge in [0.05, 0.1) is 36.6 Å². The number of nitrogens with one attached hydrogen (secondary N) is 1. The predicted octanol–water partition coefficient (Wildman–Crippen LogP) is 7.03. The minimum atomic E-state index is -2.45. The lowest BCUT2D eigenvalue weighted by molar-refractivity contribution is -0.265. The van der Waals surface area contributed by atoms with E-state index in [0.29, 0.717) is 75.5 Å². The summed E-state index contributed by atoms with van der Waals surface area (Å²) in [6.07, 6.45) is 14.7. The Bertz CT molecular complexity index is 2230. The number of ether oxygens (including phenoxy) is 6. The van der Waals surface area contributed by atoms with Gasteiger partial charge in [0, 0.05) is 77.4 Å². The van der Waals surface area contributed by atoms with Crippen LogP contribution in [0.5, 0.6) is 0 Å². The normalized spacial score (nSPS) is 36.1. The Morgan fingerprint density at radius 2 is 1.67 bits per heavy atom. The second kappa shape index (κ2) is 29.8. The summed E-state index contributed by atoms with van der Waals surface area (Å²) >= 11 is 0. The van der Waals surface area contributed by atoms with Crippen LogP contribution in [0.1, 0.15) is 136 Å². The number of Topliss-reactive ketones (excluding diaryl/α,β-unsaturated/α-hetero) is 3. The van der Waals surface area contributed by atoms with Gasteiger partial charge >= 0.3 is 5.97 Å². The van der Waals surface area contributed by atoms with Gasteiger partial charge in [-0.1, -0.05) is 71.1 Å². The van der Waals surface area contributed by atoms with Gasteiger partial charge in [0.15, 0.2) is 5.78 Å². The fourth-order valence-corrected chi connectivity index (χ4v) is 11.3. The van der Waals surface area contributed by atoms with Gasteiger partial charge < -0.3 is 48.9 Å². The smallest absolute Gasteiger partial charge is 0.329 e. The van der Waals surface area contributed by atoms with Gasteiger partial charge in [-0.15, -0.1) is 0 Å². The summed E-state index contributed by atoms with van der Waals surface area (Å²) in [5, 5.41) is 26.4. The number of ketones is 3. The number of amides is 2. The number of hydrogen-bond donors (Lipinski definition) is 3. The van der Waals surface area contributed by atoms with E-state index >= 15 is 0 Å². The molecule has 15 atom stereocenters. The highest BCUT2D eigenvalue weighted by Crippen LogP contribution is 2.38. The maximum Gasteiger partial charge on any atom is 0.329 e. The average Bonchev–Trinajstić information content (AvgIpc) is 3.43. The van der Waals surface area contributed by atoms with E-state index in [-0.39, 0.29) is 73.4 Å². The number of rotatable bonds is 11. The van der Waals surface area contributed by atoms with Gasteiger partial charge in [0.2, 0.25) is 5.79 Å². The fraction of sp³-hybridized carbons (Fsp3) is 0.678. The van der Waals surface area contributed by atoms with Crippen LogP contribution in [0.3, 0.4) is 0 Å². The summed E-state index contributed by atoms with van der Waals surface area (Å²) in [7, 11) is 4.59. The molecule has 0 radical (unpaired) electrons. The summed E-state index contributed by atoms with van der Waals surface area (Å²) in [4.78, 5) is 89.2. The Balaban J connectivity index is 1.40. The van der Waals surface area contributed by atoms with Crippen molar-refractivity contribution >= 4 is 35.1 Å². The third-order valence-corrected chi connectivity index (χ3v) is 16.1. The maximum absolute atomic E-state index is 14.6. The number of carbonyl (C=O) groups excluding carboxylic acids is 6. The Labute approximate surface area is 450 Å². The molecular formula is C59H87N3O14. The second-order valence-corrected chi connectivity index (χ2v) is 21.9. The van der Waals surface area contributed by atoms with Crippen LogP contribution >= 0.6 is 0 Å². The molecular weight excluding hydrogens is 975 g/mol. The lowest BCUT2D eigenvalue weighted by Gasteiger charge is -2.42. The van der Waals surface area contributed by atoms with Gasteiger partial charge in [-0.25, -0.2) is 4.79 Å². The molecule has 2 bridgehead atoms. The number of aliphatic hydroxyl groups excluding tert-OH is 1. The SMILES string of the molecule is CO[C@H]1C[C@@H]2CC[C@@H](C)[C@@](O)(O2)C(=O)C(=O)N2CCCC[C@H]2C(=O)O[C@H]([C@H](C)C[C@@H]2CC[C@@H](OCCNC(=O)c3cccnc3)[C@H](OC)C2)CC(=O)[C@H](C)/C=C(\C)[C@@H](O)[C@@H](OC)C(=O)[C@H](C)C[C@H](C)/C=C/C=C/C=C/1C. The van der Waals surface area contributed by atoms with Crippen LogP contribution in [0.2, 0.25) is 0 Å². The molecule has 3 aliphatic heterocycles. The van der Waals surface area contributed by atoms with Gasteiger partial charge in [-0.05, 0) is 119 Å². The standard InChI is InChI=1S/C59H87N3O14/c1-36-17-12-11-13-18-37(2)49(71-8)33-45-23-21-42(7)59(70,76-45)55(66)57(68)62-27-15-14-20-46(62)58(69)75-50(34-47(63)38(3)30-41(6)53(65)54(73-10)52(64)40(5)29-36)39(4)31-43-22-24-48(51(32-43)72-9)74-28-26-61-56(67)44-19-16-25-60-35-44/h11-13,16-19,25,30,35-36,38-40,42-43,45-46,48-51,53-54,65,70H,14-15,20-24,26-29,31-34H2,1-10H3,(H,61,67)/b13-11+,17-12+,37-18+,41-30+/t36-,38-,39-,40-,42-,43+,45+,46+,48-,49+,50+,51-,53-,54+,59-/m1/s1. The topological polar surface area (TPSA) is 226 Å². The number of aromatic nitrogens is 1. The molecule has 3 fully saturated rings. The van der Waals surface area contributed by atoms with Crippen molar-refractivity contribution in [2.75, 3.05) is 41.0 Å². The van der Waals surface area contributed by atoms with E-state index in [1.54, 1.807) is 59.4 Å². The van der Waals surface area contributed by atoms with Crippen molar-refractivity contribution in [2.45, 2.75) is 180 Å². The fourth-order valence-electron chi connectivity index (χ4n) is 11.3. The minimum Gasteiger partial charge on any atom is -0.460 e. The Morgan fingerprint density at radius 3 is 2.37 bits per heavy atom. The van der Waals surface area contributed by atoms with Crippen LogP contribution < -0.4 is 5.32 Å². The molecule has 3 N–H and O–H groups in total. The van der Waals surface area contributed by atoms with Gasteiger partial charge in [-0.3, -0.25) is 29.0 Å². The molecule has 4 aliphatic rings. The summed E-state index contributed by atoms with van der Waals surface area (Å²) < 4.78 is 36.2. The molecule has 76 heavy (non-hydrogen) atoms. The Hall–Kier alpha value is -4.75. The number of hydrogen-bond acceptors (Lipinski definition) is 15. The molecule has 17 heteroatoms. The number of methoxy groups -OCH3 is 3. The highest BCUT2D eigenvalue weighted by Gasteiger charge is 2.53. The first-order valence-electron chi connectivity index (χ1n) is 27.5. The maximum atomic E-state index is 14.6. The molecule has 422 valence electrons. The molecule has 2 saturated heterocycles. The highest BCUT2D eigenvalue weighted by atomic mass is 16.6. The molecule has 5 rings (SSSR count). The third kappa shape index (κ3) is 16.9. The zero-order chi connectivity index (χ0) is 55.7.